The molecule has 0 aliphatic carbocycles. The number of hydrogen-bond donors (Lipinski definition) is 0. The van der Waals surface area contributed by atoms with Gasteiger partial charge in [0.05, 0.1) is 22.8 Å². The molecule has 0 aliphatic heterocycles. The minimum Gasteiger partial charge on any atom is -0.252 e. The molecule has 0 saturated heterocycles. The first-order valence-electron chi connectivity index (χ1n) is 24.5. The molecule has 0 bridgehead atoms. The third-order valence-corrected chi connectivity index (χ3v) is 11.1. The third kappa shape index (κ3) is 29.6. The van der Waals surface area contributed by atoms with Crippen LogP contribution in [0.2, 0.25) is 0 Å². The summed E-state index contributed by atoms with van der Waals surface area (Å²) >= 11 is 0. The number of unbranched alkanes of at least 4 members (excludes halogenated alkanes) is 27. The summed E-state index contributed by atoms with van der Waals surface area (Å²) < 4.78 is 0. The molecule has 0 saturated carbocycles. The molecule has 326 valence electrons. The van der Waals surface area contributed by atoms with Crippen LogP contribution in [0, 0.1) is 23.7 Å². The van der Waals surface area contributed by atoms with Crippen molar-refractivity contribution < 1.29 is 16.5 Å². The van der Waals surface area contributed by atoms with Gasteiger partial charge in [0.2, 0.25) is 0 Å². The molecule has 58 heavy (non-hydrogen) atoms. The van der Waals surface area contributed by atoms with Gasteiger partial charge in [-0.1, -0.05) is 224 Å². The van der Waals surface area contributed by atoms with Crippen molar-refractivity contribution in [1.29, 1.82) is 0 Å². The summed E-state index contributed by atoms with van der Waals surface area (Å²) in [7, 11) is 0. The molecule has 0 aliphatic rings. The van der Waals surface area contributed by atoms with E-state index in [9.17, 15) is 0 Å². The Bertz CT molecular complexity index is 1450. The van der Waals surface area contributed by atoms with Crippen molar-refractivity contribution >= 4 is 22.8 Å². The first-order valence-corrected chi connectivity index (χ1v) is 24.5. The van der Waals surface area contributed by atoms with E-state index in [0.29, 0.717) is 0 Å². The number of nitrogens with zero attached hydrogens (tertiary/aromatic N) is 2. The summed E-state index contributed by atoms with van der Waals surface area (Å²) in [5.74, 6) is 13.8. The van der Waals surface area contributed by atoms with E-state index >= 15 is 0 Å². The Kier molecular flexibility index (Phi) is 36.7. The van der Waals surface area contributed by atoms with E-state index in [1.54, 1.807) is 0 Å². The van der Waals surface area contributed by atoms with Crippen LogP contribution in [-0.4, -0.2) is 11.4 Å². The van der Waals surface area contributed by atoms with Gasteiger partial charge < -0.3 is 0 Å². The van der Waals surface area contributed by atoms with Gasteiger partial charge in [-0.05, 0) is 74.9 Å². The quantitative estimate of drug-likeness (QED) is 0.0290. The molecule has 3 heteroatoms. The fourth-order valence-electron chi connectivity index (χ4n) is 7.49. The minimum atomic E-state index is 0. The predicted octanol–water partition coefficient (Wildman–Crippen LogP) is 18.2. The first-order chi connectivity index (χ1) is 28.2. The number of rotatable bonds is 34. The topological polar surface area (TPSA) is 24.7 Å². The van der Waals surface area contributed by atoms with Crippen molar-refractivity contribution in [2.45, 2.75) is 240 Å². The Morgan fingerprint density at radius 2 is 0.672 bits per heavy atom. The summed E-state index contributed by atoms with van der Waals surface area (Å²) in [6.45, 7) is 9.15. The van der Waals surface area contributed by atoms with Gasteiger partial charge in [-0.2, -0.15) is 0 Å². The number of hydrogen-bond acceptors (Lipinski definition) is 2. The van der Waals surface area contributed by atoms with E-state index in [4.69, 9.17) is 9.98 Å². The maximum absolute atomic E-state index is 5.33. The van der Waals surface area contributed by atoms with Gasteiger partial charge >= 0.3 is 0 Å². The van der Waals surface area contributed by atoms with Crippen LogP contribution in [0.3, 0.4) is 0 Å². The van der Waals surface area contributed by atoms with Gasteiger partial charge in [-0.3, -0.25) is 9.98 Å². The second-order valence-corrected chi connectivity index (χ2v) is 16.7. The summed E-state index contributed by atoms with van der Waals surface area (Å²) in [6.07, 6.45) is 42.4. The third-order valence-electron chi connectivity index (χ3n) is 11.1. The standard InChI is InChI=1S/C55H86N2.Ni/c1-5-9-13-16-18-20-22-24-26-28-30-32-35-40-50-42-38-44-52(48-50)56-54(46-34-12-8-4)55(47-37-15-11-7-3)57-53-45-39-43-51(49-53)41-36-33-31-29-27-25-23-21-19-17-14-10-6-2;/h38-39,42-45,48-49H,5-34,37,46-47H2,1-4H3;. The van der Waals surface area contributed by atoms with Crippen molar-refractivity contribution in [3.05, 3.63) is 59.7 Å². The van der Waals surface area contributed by atoms with Crippen LogP contribution < -0.4 is 0 Å². The van der Waals surface area contributed by atoms with Crippen LogP contribution in [0.15, 0.2) is 58.5 Å². The summed E-state index contributed by atoms with van der Waals surface area (Å²) in [5.41, 5.74) is 6.39. The molecule has 0 amide bonds. The fourth-order valence-corrected chi connectivity index (χ4v) is 7.49. The molecule has 2 nitrogen and oxygen atoms in total. The maximum Gasteiger partial charge on any atom is 0.0646 e. The zero-order chi connectivity index (χ0) is 40.7. The zero-order valence-electron chi connectivity index (χ0n) is 38.2. The zero-order valence-corrected chi connectivity index (χ0v) is 39.2. The average Bonchev–Trinajstić information content (AvgIpc) is 3.22. The Morgan fingerprint density at radius 3 is 1.03 bits per heavy atom. The monoisotopic (exact) mass is 833 g/mol. The normalized spacial score (nSPS) is 11.4. The molecule has 2 rings (SSSR count). The molecule has 0 aromatic heterocycles. The van der Waals surface area contributed by atoms with Gasteiger partial charge in [-0.15, -0.1) is 0 Å². The number of aliphatic imine (C=N–C) groups is 2. The fraction of sp³-hybridized carbons (Fsp3) is 0.673. The molecule has 0 spiro atoms. The van der Waals surface area contributed by atoms with E-state index in [0.717, 1.165) is 72.4 Å². The molecule has 0 N–H and O–H groups in total. The van der Waals surface area contributed by atoms with Crippen LogP contribution in [0.25, 0.3) is 0 Å². The van der Waals surface area contributed by atoms with Gasteiger partial charge in [0, 0.05) is 40.5 Å². The van der Waals surface area contributed by atoms with Crippen LogP contribution in [0.4, 0.5) is 11.4 Å². The smallest absolute Gasteiger partial charge is 0.0646 e. The molecular formula is C55H86N2Ni. The predicted molar refractivity (Wildman–Crippen MR) is 256 cm³/mol. The molecule has 0 fully saturated rings. The first kappa shape index (κ1) is 53.4. The Labute approximate surface area is 370 Å². The van der Waals surface area contributed by atoms with E-state index in [2.05, 4.69) is 99.9 Å². The summed E-state index contributed by atoms with van der Waals surface area (Å²) in [4.78, 5) is 10.7. The summed E-state index contributed by atoms with van der Waals surface area (Å²) in [5, 5.41) is 0. The van der Waals surface area contributed by atoms with Crippen molar-refractivity contribution in [2.24, 2.45) is 9.98 Å². The van der Waals surface area contributed by atoms with Crippen molar-refractivity contribution in [2.75, 3.05) is 0 Å². The van der Waals surface area contributed by atoms with Crippen LogP contribution >= 0.6 is 0 Å². The van der Waals surface area contributed by atoms with Crippen molar-refractivity contribution in [3.8, 4) is 23.7 Å². The molecular weight excluding hydrogens is 747 g/mol. The molecule has 0 radical (unpaired) electrons. The van der Waals surface area contributed by atoms with Crippen molar-refractivity contribution in [1.82, 2.24) is 0 Å². The minimum absolute atomic E-state index is 0. The van der Waals surface area contributed by atoms with E-state index in [1.165, 1.54) is 173 Å². The van der Waals surface area contributed by atoms with Gasteiger partial charge in [0.15, 0.2) is 0 Å². The largest absolute Gasteiger partial charge is 0.252 e. The second kappa shape index (κ2) is 39.8. The van der Waals surface area contributed by atoms with Crippen molar-refractivity contribution in [3.63, 3.8) is 0 Å². The Morgan fingerprint density at radius 1 is 0.379 bits per heavy atom. The Hall–Kier alpha value is -2.61. The summed E-state index contributed by atoms with van der Waals surface area (Å²) in [6, 6.07) is 17.1. The van der Waals surface area contributed by atoms with E-state index < -0.39 is 0 Å². The molecule has 0 atom stereocenters. The number of benzene rings is 2. The van der Waals surface area contributed by atoms with Crippen LogP contribution in [0.1, 0.15) is 251 Å². The molecule has 2 aromatic rings. The average molecular weight is 834 g/mol. The Balaban J connectivity index is 0.0000168. The van der Waals surface area contributed by atoms with Gasteiger partial charge in [0.25, 0.3) is 0 Å². The molecule has 2 aromatic carbocycles. The van der Waals surface area contributed by atoms with Crippen LogP contribution in [-0.2, 0) is 16.5 Å². The maximum atomic E-state index is 5.33. The molecule has 0 unspecified atom stereocenters. The van der Waals surface area contributed by atoms with E-state index in [1.807, 2.05) is 0 Å². The second-order valence-electron chi connectivity index (χ2n) is 16.7. The van der Waals surface area contributed by atoms with Crippen LogP contribution in [0.5, 0.6) is 0 Å². The van der Waals surface area contributed by atoms with Gasteiger partial charge in [0.1, 0.15) is 0 Å². The van der Waals surface area contributed by atoms with Gasteiger partial charge in [-0.25, -0.2) is 0 Å². The SMILES string of the molecule is CCCCCCCCCCCCCC#Cc1cccc(N=C(CCCCC)C(CCCCCC)=Nc2cccc(C#CCCCCCCCCCCCCC)c2)c1.[Ni]. The molecule has 0 heterocycles. The van der Waals surface area contributed by atoms with E-state index in [-0.39, 0.29) is 16.5 Å².